The van der Waals surface area contributed by atoms with Crippen molar-refractivity contribution in [3.63, 3.8) is 0 Å². The number of nitrogens with one attached hydrogen (secondary N) is 1. The third-order valence-corrected chi connectivity index (χ3v) is 5.74. The van der Waals surface area contributed by atoms with E-state index in [9.17, 15) is 4.79 Å². The molecule has 1 aromatic rings. The minimum absolute atomic E-state index is 0.207. The van der Waals surface area contributed by atoms with Crippen LogP contribution in [0.4, 0.5) is 0 Å². The van der Waals surface area contributed by atoms with Gasteiger partial charge in [-0.15, -0.1) is 11.3 Å². The van der Waals surface area contributed by atoms with E-state index in [-0.39, 0.29) is 5.92 Å². The lowest BCUT2D eigenvalue weighted by molar-refractivity contribution is -0.137. The highest BCUT2D eigenvalue weighted by Gasteiger charge is 2.31. The first-order valence-corrected chi connectivity index (χ1v) is 9.12. The summed E-state index contributed by atoms with van der Waals surface area (Å²) in [5.41, 5.74) is 1.17. The van der Waals surface area contributed by atoms with Crippen molar-refractivity contribution >= 4 is 17.2 Å². The van der Waals surface area contributed by atoms with E-state index >= 15 is 0 Å². The van der Waals surface area contributed by atoms with E-state index < -0.39 is 0 Å². The fourth-order valence-corrected chi connectivity index (χ4v) is 4.09. The van der Waals surface area contributed by atoms with Gasteiger partial charge in [-0.1, -0.05) is 0 Å². The summed E-state index contributed by atoms with van der Waals surface area (Å²) in [6.45, 7) is 6.96. The Hall–Kier alpha value is -0.980. The van der Waals surface area contributed by atoms with Crippen LogP contribution in [0.1, 0.15) is 30.0 Å². The minimum atomic E-state index is 0.207. The molecule has 0 aliphatic carbocycles. The molecule has 1 N–H and O–H groups in total. The predicted octanol–water partition coefficient (Wildman–Crippen LogP) is 1.48. The molecule has 5 nitrogen and oxygen atoms in total. The molecule has 1 aromatic heterocycles. The largest absolute Gasteiger partial charge is 0.341 e. The number of carbonyl (C=O) groups is 1. The van der Waals surface area contributed by atoms with Crippen molar-refractivity contribution < 1.29 is 4.79 Å². The van der Waals surface area contributed by atoms with Crippen LogP contribution in [0.5, 0.6) is 0 Å². The summed E-state index contributed by atoms with van der Waals surface area (Å²) in [4.78, 5) is 21.6. The number of piperidine rings is 1. The Morgan fingerprint density at radius 3 is 2.82 bits per heavy atom. The number of carbonyl (C=O) groups excluding carboxylic acids is 1. The molecule has 3 heterocycles. The monoisotopic (exact) mass is 322 g/mol. The minimum Gasteiger partial charge on any atom is -0.341 e. The van der Waals surface area contributed by atoms with Gasteiger partial charge in [-0.25, -0.2) is 4.98 Å². The Bertz CT molecular complexity index is 504. The van der Waals surface area contributed by atoms with Crippen LogP contribution < -0.4 is 5.32 Å². The normalized spacial score (nSPS) is 23.8. The van der Waals surface area contributed by atoms with E-state index in [0.717, 1.165) is 57.0 Å². The quantitative estimate of drug-likeness (QED) is 0.912. The molecule has 1 amide bonds. The molecular formula is C16H26N4OS. The van der Waals surface area contributed by atoms with Crippen molar-refractivity contribution in [3.8, 4) is 0 Å². The maximum absolute atomic E-state index is 12.6. The van der Waals surface area contributed by atoms with Gasteiger partial charge in [0.2, 0.25) is 5.91 Å². The number of rotatable bonds is 4. The van der Waals surface area contributed by atoms with Crippen LogP contribution in [-0.2, 0) is 11.3 Å². The van der Waals surface area contributed by atoms with Gasteiger partial charge in [-0.3, -0.25) is 9.69 Å². The number of nitrogens with zero attached hydrogens (tertiary/aromatic N) is 3. The third-order valence-electron chi connectivity index (χ3n) is 4.92. The van der Waals surface area contributed by atoms with E-state index in [0.29, 0.717) is 11.9 Å². The van der Waals surface area contributed by atoms with E-state index in [1.54, 1.807) is 11.3 Å². The standard InChI is InChI=1S/C16H26N4OS/c1-12-18-14(11-22-12)10-20-7-4-13(5-8-20)16(21)19(2)15-3-6-17-9-15/h11,13,15,17H,3-10H2,1-2H3. The molecule has 6 heteroatoms. The van der Waals surface area contributed by atoms with Gasteiger partial charge in [-0.05, 0) is 45.8 Å². The first-order chi connectivity index (χ1) is 10.6. The van der Waals surface area contributed by atoms with E-state index in [1.807, 2.05) is 18.9 Å². The summed E-state index contributed by atoms with van der Waals surface area (Å²) in [7, 11) is 1.98. The van der Waals surface area contributed by atoms with Crippen LogP contribution in [0.2, 0.25) is 0 Å². The summed E-state index contributed by atoms with van der Waals surface area (Å²) in [6, 6.07) is 0.392. The Morgan fingerprint density at radius 1 is 1.45 bits per heavy atom. The van der Waals surface area contributed by atoms with Gasteiger partial charge in [0.1, 0.15) is 0 Å². The lowest BCUT2D eigenvalue weighted by Gasteiger charge is -2.34. The van der Waals surface area contributed by atoms with Gasteiger partial charge >= 0.3 is 0 Å². The van der Waals surface area contributed by atoms with Gasteiger partial charge < -0.3 is 10.2 Å². The summed E-state index contributed by atoms with van der Waals surface area (Å²) < 4.78 is 0. The van der Waals surface area contributed by atoms with E-state index in [2.05, 4.69) is 20.6 Å². The molecule has 0 saturated carbocycles. The molecule has 0 bridgehead atoms. The fraction of sp³-hybridized carbons (Fsp3) is 0.750. The first-order valence-electron chi connectivity index (χ1n) is 8.24. The van der Waals surface area contributed by atoms with Crippen LogP contribution in [0.25, 0.3) is 0 Å². The number of aryl methyl sites for hydroxylation is 1. The first kappa shape index (κ1) is 15.9. The highest BCUT2D eigenvalue weighted by Crippen LogP contribution is 2.22. The molecule has 0 aromatic carbocycles. The highest BCUT2D eigenvalue weighted by atomic mass is 32.1. The second-order valence-electron chi connectivity index (χ2n) is 6.50. The van der Waals surface area contributed by atoms with Crippen LogP contribution in [0.15, 0.2) is 5.38 Å². The van der Waals surface area contributed by atoms with E-state index in [1.165, 1.54) is 5.69 Å². The molecule has 2 fully saturated rings. The molecular weight excluding hydrogens is 296 g/mol. The molecule has 3 rings (SSSR count). The van der Waals surface area contributed by atoms with Crippen molar-refractivity contribution in [1.29, 1.82) is 0 Å². The van der Waals surface area contributed by atoms with Crippen LogP contribution in [-0.4, -0.2) is 60.0 Å². The van der Waals surface area contributed by atoms with Crippen LogP contribution in [0.3, 0.4) is 0 Å². The molecule has 1 atom stereocenters. The average molecular weight is 322 g/mol. The molecule has 122 valence electrons. The molecule has 0 radical (unpaired) electrons. The number of amides is 1. The van der Waals surface area contributed by atoms with Crippen molar-refractivity contribution in [3.05, 3.63) is 16.1 Å². The summed E-state index contributed by atoms with van der Waals surface area (Å²) in [5, 5.41) is 6.62. The summed E-state index contributed by atoms with van der Waals surface area (Å²) in [6.07, 6.45) is 3.04. The predicted molar refractivity (Wildman–Crippen MR) is 88.9 cm³/mol. The number of hydrogen-bond donors (Lipinski definition) is 1. The Balaban J connectivity index is 1.47. The molecule has 0 spiro atoms. The van der Waals surface area contributed by atoms with Crippen molar-refractivity contribution in [1.82, 2.24) is 20.1 Å². The SMILES string of the molecule is Cc1nc(CN2CCC(C(=O)N(C)C3CCNC3)CC2)cs1. The molecule has 22 heavy (non-hydrogen) atoms. The van der Waals surface area contributed by atoms with Gasteiger partial charge in [0.25, 0.3) is 0 Å². The lowest BCUT2D eigenvalue weighted by Crippen LogP contribution is -2.45. The van der Waals surface area contributed by atoms with Crippen LogP contribution >= 0.6 is 11.3 Å². The maximum atomic E-state index is 12.6. The van der Waals surface area contributed by atoms with Gasteiger partial charge in [0, 0.05) is 37.5 Å². The number of likely N-dealkylation sites (tertiary alicyclic amines) is 1. The number of likely N-dealkylation sites (N-methyl/N-ethyl adjacent to an activating group) is 1. The topological polar surface area (TPSA) is 48.5 Å². The number of aromatic nitrogens is 1. The van der Waals surface area contributed by atoms with Gasteiger partial charge in [0.05, 0.1) is 10.7 Å². The zero-order valence-corrected chi connectivity index (χ0v) is 14.4. The third kappa shape index (κ3) is 3.67. The summed E-state index contributed by atoms with van der Waals surface area (Å²) >= 11 is 1.71. The van der Waals surface area contributed by atoms with Crippen molar-refractivity contribution in [2.45, 2.75) is 38.8 Å². The van der Waals surface area contributed by atoms with Crippen LogP contribution in [0, 0.1) is 12.8 Å². The second-order valence-corrected chi connectivity index (χ2v) is 7.57. The molecule has 1 unspecified atom stereocenters. The fourth-order valence-electron chi connectivity index (χ4n) is 3.49. The van der Waals surface area contributed by atoms with Gasteiger partial charge in [0.15, 0.2) is 0 Å². The smallest absolute Gasteiger partial charge is 0.225 e. The molecule has 2 aliphatic heterocycles. The Labute approximate surface area is 136 Å². The van der Waals surface area contributed by atoms with Crippen molar-refractivity contribution in [2.24, 2.45) is 5.92 Å². The van der Waals surface area contributed by atoms with Gasteiger partial charge in [-0.2, -0.15) is 0 Å². The maximum Gasteiger partial charge on any atom is 0.225 e. The zero-order valence-electron chi connectivity index (χ0n) is 13.5. The second kappa shape index (κ2) is 7.06. The van der Waals surface area contributed by atoms with E-state index in [4.69, 9.17) is 0 Å². The number of thiazole rings is 1. The van der Waals surface area contributed by atoms with Crippen molar-refractivity contribution in [2.75, 3.05) is 33.2 Å². The molecule has 2 saturated heterocycles. The zero-order chi connectivity index (χ0) is 15.5. The highest BCUT2D eigenvalue weighted by molar-refractivity contribution is 7.09. The molecule has 2 aliphatic rings. The summed E-state index contributed by atoms with van der Waals surface area (Å²) in [5.74, 6) is 0.553. The average Bonchev–Trinajstić information content (AvgIpc) is 3.18. The number of hydrogen-bond acceptors (Lipinski definition) is 5. The lowest BCUT2D eigenvalue weighted by atomic mass is 9.94. The Kier molecular flexibility index (Phi) is 5.10. The Morgan fingerprint density at radius 2 is 2.23 bits per heavy atom.